The van der Waals surface area contributed by atoms with Gasteiger partial charge in [-0.05, 0) is 36.7 Å². The van der Waals surface area contributed by atoms with Gasteiger partial charge in [0.2, 0.25) is 0 Å². The Morgan fingerprint density at radius 2 is 2.22 bits per heavy atom. The fraction of sp³-hybridized carbons (Fsp3) is 0.364. The number of rotatable bonds is 6. The predicted molar refractivity (Wildman–Crippen MR) is 65.2 cm³/mol. The molecule has 1 amide bonds. The molecule has 0 spiro atoms. The van der Waals surface area contributed by atoms with E-state index in [1.54, 1.807) is 19.1 Å². The summed E-state index contributed by atoms with van der Waals surface area (Å²) >= 11 is 0. The average Bonchev–Trinajstić information content (AvgIpc) is 2.37. The van der Waals surface area contributed by atoms with Crippen molar-refractivity contribution in [2.24, 2.45) is 5.11 Å². The van der Waals surface area contributed by atoms with Crippen molar-refractivity contribution in [1.29, 1.82) is 0 Å². The number of carbonyl (C=O) groups excluding carboxylic acids is 1. The van der Waals surface area contributed by atoms with Crippen LogP contribution in [0.4, 0.5) is 0 Å². The number of benzene rings is 1. The SMILES string of the molecule is C[C@@H](Oc1ccc(O)cc1)C(=O)NCCN=[N+]=[N-]. The maximum absolute atomic E-state index is 11.6. The summed E-state index contributed by atoms with van der Waals surface area (Å²) in [6, 6.07) is 6.08. The van der Waals surface area contributed by atoms with Gasteiger partial charge < -0.3 is 15.2 Å². The van der Waals surface area contributed by atoms with Crippen LogP contribution >= 0.6 is 0 Å². The Morgan fingerprint density at radius 1 is 1.56 bits per heavy atom. The molecule has 96 valence electrons. The Kier molecular flexibility index (Phi) is 5.34. The van der Waals surface area contributed by atoms with Crippen LogP contribution in [0.15, 0.2) is 29.4 Å². The van der Waals surface area contributed by atoms with Gasteiger partial charge in [-0.15, -0.1) is 0 Å². The van der Waals surface area contributed by atoms with Crippen molar-refractivity contribution < 1.29 is 14.6 Å². The Hall–Kier alpha value is -2.40. The van der Waals surface area contributed by atoms with Crippen molar-refractivity contribution in [3.63, 3.8) is 0 Å². The summed E-state index contributed by atoms with van der Waals surface area (Å²) in [6.45, 7) is 2.08. The first kappa shape index (κ1) is 13.7. The monoisotopic (exact) mass is 250 g/mol. The standard InChI is InChI=1S/C11H14N4O3/c1-8(11(17)13-6-7-14-15-12)18-10-4-2-9(16)3-5-10/h2-5,8,16H,6-7H2,1H3,(H,13,17)/t8-/m1/s1. The summed E-state index contributed by atoms with van der Waals surface area (Å²) < 4.78 is 5.36. The van der Waals surface area contributed by atoms with Crippen LogP contribution in [0.2, 0.25) is 0 Å². The minimum atomic E-state index is -0.666. The van der Waals surface area contributed by atoms with Gasteiger partial charge in [0, 0.05) is 18.0 Å². The second kappa shape index (κ2) is 7.03. The van der Waals surface area contributed by atoms with E-state index in [1.807, 2.05) is 0 Å². The van der Waals surface area contributed by atoms with Gasteiger partial charge in [-0.3, -0.25) is 4.79 Å². The minimum absolute atomic E-state index is 0.133. The summed E-state index contributed by atoms with van der Waals surface area (Å²) in [5.41, 5.74) is 8.06. The zero-order valence-electron chi connectivity index (χ0n) is 9.91. The number of azide groups is 1. The maximum Gasteiger partial charge on any atom is 0.260 e. The molecule has 0 bridgehead atoms. The molecule has 0 radical (unpaired) electrons. The van der Waals surface area contributed by atoms with Crippen LogP contribution in [0.1, 0.15) is 6.92 Å². The van der Waals surface area contributed by atoms with E-state index in [1.165, 1.54) is 12.1 Å². The number of hydrogen-bond donors (Lipinski definition) is 2. The van der Waals surface area contributed by atoms with Crippen molar-refractivity contribution in [2.75, 3.05) is 13.1 Å². The molecule has 7 heteroatoms. The lowest BCUT2D eigenvalue weighted by atomic mass is 10.3. The highest BCUT2D eigenvalue weighted by Gasteiger charge is 2.13. The maximum atomic E-state index is 11.6. The van der Waals surface area contributed by atoms with Gasteiger partial charge in [-0.2, -0.15) is 0 Å². The normalized spacial score (nSPS) is 11.2. The fourth-order valence-corrected chi connectivity index (χ4v) is 1.20. The first-order valence-electron chi connectivity index (χ1n) is 5.37. The van der Waals surface area contributed by atoms with Crippen LogP contribution in [-0.2, 0) is 4.79 Å². The Balaban J connectivity index is 2.39. The summed E-state index contributed by atoms with van der Waals surface area (Å²) in [6.07, 6.45) is -0.666. The third kappa shape index (κ3) is 4.63. The van der Waals surface area contributed by atoms with Crippen molar-refractivity contribution in [2.45, 2.75) is 13.0 Å². The zero-order chi connectivity index (χ0) is 13.4. The lowest BCUT2D eigenvalue weighted by Crippen LogP contribution is -2.37. The summed E-state index contributed by atoms with van der Waals surface area (Å²) in [5, 5.41) is 15.0. The molecule has 0 saturated carbocycles. The molecule has 1 rings (SSSR count). The van der Waals surface area contributed by atoms with E-state index in [4.69, 9.17) is 15.4 Å². The van der Waals surface area contributed by atoms with Crippen LogP contribution in [0.25, 0.3) is 10.4 Å². The fourth-order valence-electron chi connectivity index (χ4n) is 1.20. The highest BCUT2D eigenvalue weighted by atomic mass is 16.5. The molecule has 0 saturated heterocycles. The van der Waals surface area contributed by atoms with Crippen molar-refractivity contribution in [3.8, 4) is 11.5 Å². The van der Waals surface area contributed by atoms with E-state index in [9.17, 15) is 4.79 Å². The highest BCUT2D eigenvalue weighted by Crippen LogP contribution is 2.17. The second-order valence-electron chi connectivity index (χ2n) is 3.50. The average molecular weight is 250 g/mol. The molecule has 0 fully saturated rings. The summed E-state index contributed by atoms with van der Waals surface area (Å²) in [5.74, 6) is 0.329. The zero-order valence-corrected chi connectivity index (χ0v) is 9.91. The molecule has 2 N–H and O–H groups in total. The molecule has 7 nitrogen and oxygen atoms in total. The van der Waals surface area contributed by atoms with E-state index in [0.29, 0.717) is 5.75 Å². The molecular formula is C11H14N4O3. The molecule has 0 aliphatic carbocycles. The molecule has 0 aromatic heterocycles. The molecule has 1 aromatic carbocycles. The molecule has 1 atom stereocenters. The van der Waals surface area contributed by atoms with Gasteiger partial charge in [-0.1, -0.05) is 5.11 Å². The van der Waals surface area contributed by atoms with E-state index in [2.05, 4.69) is 15.3 Å². The van der Waals surface area contributed by atoms with Gasteiger partial charge in [0.25, 0.3) is 5.91 Å². The number of carbonyl (C=O) groups is 1. The molecular weight excluding hydrogens is 236 g/mol. The van der Waals surface area contributed by atoms with Gasteiger partial charge in [0.15, 0.2) is 6.10 Å². The smallest absolute Gasteiger partial charge is 0.260 e. The third-order valence-corrected chi connectivity index (χ3v) is 2.09. The molecule has 0 unspecified atom stereocenters. The third-order valence-electron chi connectivity index (χ3n) is 2.09. The van der Waals surface area contributed by atoms with Gasteiger partial charge in [0.05, 0.1) is 0 Å². The van der Waals surface area contributed by atoms with Gasteiger partial charge in [0.1, 0.15) is 11.5 Å². The molecule has 18 heavy (non-hydrogen) atoms. The van der Waals surface area contributed by atoms with Gasteiger partial charge >= 0.3 is 0 Å². The van der Waals surface area contributed by atoms with Crippen LogP contribution < -0.4 is 10.1 Å². The minimum Gasteiger partial charge on any atom is -0.508 e. The molecule has 0 heterocycles. The lowest BCUT2D eigenvalue weighted by Gasteiger charge is -2.14. The molecule has 0 aliphatic rings. The van der Waals surface area contributed by atoms with Crippen molar-refractivity contribution in [3.05, 3.63) is 34.7 Å². The highest BCUT2D eigenvalue weighted by molar-refractivity contribution is 5.80. The quantitative estimate of drug-likeness (QED) is 0.346. The number of nitrogens with zero attached hydrogens (tertiary/aromatic N) is 3. The number of aromatic hydroxyl groups is 1. The summed E-state index contributed by atoms with van der Waals surface area (Å²) in [4.78, 5) is 14.1. The Morgan fingerprint density at radius 3 is 2.83 bits per heavy atom. The summed E-state index contributed by atoms with van der Waals surface area (Å²) in [7, 11) is 0. The number of ether oxygens (including phenoxy) is 1. The Labute approximate surface area is 104 Å². The van der Waals surface area contributed by atoms with E-state index < -0.39 is 6.10 Å². The lowest BCUT2D eigenvalue weighted by molar-refractivity contribution is -0.127. The van der Waals surface area contributed by atoms with Gasteiger partial charge in [-0.25, -0.2) is 0 Å². The predicted octanol–water partition coefficient (Wildman–Crippen LogP) is 1.59. The van der Waals surface area contributed by atoms with Crippen LogP contribution in [0.3, 0.4) is 0 Å². The first-order valence-corrected chi connectivity index (χ1v) is 5.37. The number of hydrogen-bond acceptors (Lipinski definition) is 4. The largest absolute Gasteiger partial charge is 0.508 e. The first-order chi connectivity index (χ1) is 8.63. The number of phenolic OH excluding ortho intramolecular Hbond substituents is 1. The van der Waals surface area contributed by atoms with E-state index in [-0.39, 0.29) is 24.7 Å². The van der Waals surface area contributed by atoms with Crippen molar-refractivity contribution in [1.82, 2.24) is 5.32 Å². The number of amides is 1. The van der Waals surface area contributed by atoms with Crippen LogP contribution in [0.5, 0.6) is 11.5 Å². The second-order valence-corrected chi connectivity index (χ2v) is 3.50. The molecule has 1 aromatic rings. The van der Waals surface area contributed by atoms with Crippen LogP contribution in [0, 0.1) is 0 Å². The molecule has 0 aliphatic heterocycles. The van der Waals surface area contributed by atoms with Crippen LogP contribution in [-0.4, -0.2) is 30.2 Å². The van der Waals surface area contributed by atoms with E-state index >= 15 is 0 Å². The topological polar surface area (TPSA) is 107 Å². The number of phenols is 1. The van der Waals surface area contributed by atoms with Crippen molar-refractivity contribution >= 4 is 5.91 Å². The number of nitrogens with one attached hydrogen (secondary N) is 1. The van der Waals surface area contributed by atoms with E-state index in [0.717, 1.165) is 0 Å². The Bertz CT molecular complexity index is 440.